The lowest BCUT2D eigenvalue weighted by Crippen LogP contribution is -2.52. The van der Waals surface area contributed by atoms with Crippen molar-refractivity contribution >= 4 is 47.2 Å². The topological polar surface area (TPSA) is 48.9 Å². The number of guanidine groups is 1. The molecule has 0 bridgehead atoms. The maximum Gasteiger partial charge on any atom is 0.191 e. The summed E-state index contributed by atoms with van der Waals surface area (Å²) in [6.45, 7) is 9.58. The Bertz CT molecular complexity index is 609. The van der Waals surface area contributed by atoms with Crippen LogP contribution in [0.4, 0.5) is 5.69 Å². The van der Waals surface area contributed by atoms with Crippen molar-refractivity contribution in [3.8, 4) is 0 Å². The van der Waals surface area contributed by atoms with Crippen LogP contribution in [0.15, 0.2) is 29.3 Å². The fourth-order valence-electron chi connectivity index (χ4n) is 3.35. The molecule has 1 atom stereocenters. The molecule has 2 aliphatic heterocycles. The number of halogens is 2. The molecule has 0 spiro atoms. The van der Waals surface area contributed by atoms with E-state index >= 15 is 0 Å². The zero-order valence-electron chi connectivity index (χ0n) is 15.6. The molecule has 2 N–H and O–H groups in total. The van der Waals surface area contributed by atoms with E-state index in [-0.39, 0.29) is 29.4 Å². The van der Waals surface area contributed by atoms with Gasteiger partial charge in [0.2, 0.25) is 0 Å². The maximum absolute atomic E-state index is 6.37. The van der Waals surface area contributed by atoms with E-state index in [9.17, 15) is 0 Å². The molecule has 5 nitrogen and oxygen atoms in total. The average molecular weight is 493 g/mol. The number of nitrogens with one attached hydrogen (secondary N) is 2. The van der Waals surface area contributed by atoms with E-state index < -0.39 is 0 Å². The first-order chi connectivity index (χ1) is 12.1. The van der Waals surface area contributed by atoms with Crippen LogP contribution in [-0.2, 0) is 4.74 Å². The minimum Gasteiger partial charge on any atom is -0.380 e. The fraction of sp³-hybridized carbons (Fsp3) is 0.632. The number of nitrogens with zero attached hydrogens (tertiary/aromatic N) is 2. The molecule has 3 rings (SSSR count). The van der Waals surface area contributed by atoms with Crippen molar-refractivity contribution in [2.75, 3.05) is 44.3 Å². The first-order valence-corrected chi connectivity index (χ1v) is 9.59. The molecule has 26 heavy (non-hydrogen) atoms. The highest BCUT2D eigenvalue weighted by Crippen LogP contribution is 2.28. The molecule has 0 saturated carbocycles. The van der Waals surface area contributed by atoms with E-state index in [0.29, 0.717) is 6.04 Å². The van der Waals surface area contributed by atoms with Gasteiger partial charge in [-0.25, -0.2) is 0 Å². The third-order valence-electron chi connectivity index (χ3n) is 4.82. The van der Waals surface area contributed by atoms with Crippen LogP contribution in [0.3, 0.4) is 0 Å². The second kappa shape index (κ2) is 9.99. The first kappa shape index (κ1) is 21.6. The molecule has 146 valence electrons. The third-order valence-corrected chi connectivity index (χ3v) is 5.14. The number of para-hydroxylation sites is 1. The Labute approximate surface area is 178 Å². The quantitative estimate of drug-likeness (QED) is 0.375. The predicted octanol–water partition coefficient (Wildman–Crippen LogP) is 3.52. The lowest BCUT2D eigenvalue weighted by atomic mass is 9.89. The Kier molecular flexibility index (Phi) is 8.29. The monoisotopic (exact) mass is 492 g/mol. The summed E-state index contributed by atoms with van der Waals surface area (Å²) < 4.78 is 5.33. The van der Waals surface area contributed by atoms with Gasteiger partial charge in [0.15, 0.2) is 5.96 Å². The van der Waals surface area contributed by atoms with Crippen molar-refractivity contribution in [3.63, 3.8) is 0 Å². The van der Waals surface area contributed by atoms with Crippen LogP contribution in [-0.4, -0.2) is 51.4 Å². The van der Waals surface area contributed by atoms with Crippen molar-refractivity contribution in [1.29, 1.82) is 0 Å². The summed E-state index contributed by atoms with van der Waals surface area (Å²) in [5, 5.41) is 7.80. The molecule has 7 heteroatoms. The molecule has 0 amide bonds. The number of hydrogen-bond donors (Lipinski definition) is 2. The Morgan fingerprint density at radius 1 is 1.38 bits per heavy atom. The van der Waals surface area contributed by atoms with Crippen LogP contribution in [0.1, 0.15) is 26.7 Å². The first-order valence-electron chi connectivity index (χ1n) is 9.22. The molecular weight excluding hydrogens is 463 g/mol. The summed E-state index contributed by atoms with van der Waals surface area (Å²) in [5.41, 5.74) is 1.31. The van der Waals surface area contributed by atoms with Gasteiger partial charge < -0.3 is 20.3 Å². The lowest BCUT2D eigenvalue weighted by molar-refractivity contribution is -0.0945. The number of hydrogen-bond acceptors (Lipinski definition) is 3. The van der Waals surface area contributed by atoms with Crippen LogP contribution >= 0.6 is 35.6 Å². The molecule has 0 aromatic heterocycles. The van der Waals surface area contributed by atoms with Crippen molar-refractivity contribution in [1.82, 2.24) is 10.6 Å². The Hall–Kier alpha value is -0.730. The van der Waals surface area contributed by atoms with E-state index in [2.05, 4.69) is 35.4 Å². The Morgan fingerprint density at radius 2 is 2.15 bits per heavy atom. The number of piperidine rings is 1. The predicted molar refractivity (Wildman–Crippen MR) is 120 cm³/mol. The van der Waals surface area contributed by atoms with Crippen LogP contribution in [0.25, 0.3) is 0 Å². The summed E-state index contributed by atoms with van der Waals surface area (Å²) in [7, 11) is 0. The third kappa shape index (κ3) is 5.63. The van der Waals surface area contributed by atoms with Gasteiger partial charge in [0, 0.05) is 31.1 Å². The second-order valence-electron chi connectivity index (χ2n) is 7.38. The molecule has 1 aromatic carbocycles. The summed E-state index contributed by atoms with van der Waals surface area (Å²) >= 11 is 6.37. The highest BCUT2D eigenvalue weighted by atomic mass is 127. The van der Waals surface area contributed by atoms with Gasteiger partial charge >= 0.3 is 0 Å². The van der Waals surface area contributed by atoms with E-state index in [4.69, 9.17) is 21.3 Å². The fourth-order valence-corrected chi connectivity index (χ4v) is 3.60. The van der Waals surface area contributed by atoms with Gasteiger partial charge in [-0.15, -0.1) is 24.0 Å². The highest BCUT2D eigenvalue weighted by Gasteiger charge is 2.33. The van der Waals surface area contributed by atoms with Gasteiger partial charge in [0.05, 0.1) is 30.5 Å². The minimum absolute atomic E-state index is 0. The molecule has 2 fully saturated rings. The molecule has 0 aliphatic carbocycles. The molecule has 1 unspecified atom stereocenters. The number of benzene rings is 1. The zero-order chi connectivity index (χ0) is 17.7. The van der Waals surface area contributed by atoms with Crippen LogP contribution < -0.4 is 15.5 Å². The van der Waals surface area contributed by atoms with Crippen molar-refractivity contribution in [2.24, 2.45) is 10.4 Å². The molecule has 2 saturated heterocycles. The number of ether oxygens (including phenoxy) is 1. The standard InChI is InChI=1S/C19H29ClN4O.HI/c1-3-21-18(22-12-19(2)13-25-14-19)23-15-7-6-10-24(11-15)17-9-5-4-8-16(17)20;/h4-5,8-9,15H,3,6-7,10-14H2,1-2H3,(H2,21,22,23);1H. The summed E-state index contributed by atoms with van der Waals surface area (Å²) in [4.78, 5) is 7.16. The summed E-state index contributed by atoms with van der Waals surface area (Å²) in [5.74, 6) is 0.904. The van der Waals surface area contributed by atoms with Gasteiger partial charge in [0.1, 0.15) is 0 Å². The summed E-state index contributed by atoms with van der Waals surface area (Å²) in [6, 6.07) is 8.45. The lowest BCUT2D eigenvalue weighted by Gasteiger charge is -2.37. The molecule has 2 aliphatic rings. The highest BCUT2D eigenvalue weighted by molar-refractivity contribution is 14.0. The van der Waals surface area contributed by atoms with Crippen LogP contribution in [0.2, 0.25) is 5.02 Å². The van der Waals surface area contributed by atoms with Gasteiger partial charge in [-0.2, -0.15) is 0 Å². The van der Waals surface area contributed by atoms with Gasteiger partial charge in [-0.05, 0) is 31.9 Å². The average Bonchev–Trinajstić information content (AvgIpc) is 2.59. The molecule has 0 radical (unpaired) electrons. The Balaban J connectivity index is 0.00000243. The van der Waals surface area contributed by atoms with Crippen LogP contribution in [0.5, 0.6) is 0 Å². The van der Waals surface area contributed by atoms with Crippen molar-refractivity contribution < 1.29 is 4.74 Å². The smallest absolute Gasteiger partial charge is 0.191 e. The van der Waals surface area contributed by atoms with Crippen molar-refractivity contribution in [3.05, 3.63) is 29.3 Å². The van der Waals surface area contributed by atoms with Gasteiger partial charge in [-0.3, -0.25) is 4.99 Å². The van der Waals surface area contributed by atoms with E-state index in [1.165, 1.54) is 0 Å². The largest absolute Gasteiger partial charge is 0.380 e. The molecule has 2 heterocycles. The number of aliphatic imine (C=N–C) groups is 1. The molecule has 1 aromatic rings. The summed E-state index contributed by atoms with van der Waals surface area (Å²) in [6.07, 6.45) is 2.29. The SMILES string of the molecule is CCNC(=NCC1(C)COC1)NC1CCCN(c2ccccc2Cl)C1.I. The van der Waals surface area contributed by atoms with Crippen molar-refractivity contribution in [2.45, 2.75) is 32.7 Å². The Morgan fingerprint density at radius 3 is 2.81 bits per heavy atom. The maximum atomic E-state index is 6.37. The van der Waals surface area contributed by atoms with E-state index in [0.717, 1.165) is 68.9 Å². The molecular formula is C19H30ClIN4O. The van der Waals surface area contributed by atoms with Crippen LogP contribution in [0, 0.1) is 5.41 Å². The zero-order valence-corrected chi connectivity index (χ0v) is 18.7. The number of anilines is 1. The van der Waals surface area contributed by atoms with Gasteiger partial charge in [0.25, 0.3) is 0 Å². The van der Waals surface area contributed by atoms with Gasteiger partial charge in [-0.1, -0.05) is 30.7 Å². The normalized spacial score (nSPS) is 22.2. The second-order valence-corrected chi connectivity index (χ2v) is 7.79. The number of rotatable bonds is 5. The van der Waals surface area contributed by atoms with E-state index in [1.54, 1.807) is 0 Å². The van der Waals surface area contributed by atoms with E-state index in [1.807, 2.05) is 18.2 Å². The minimum atomic E-state index is 0.